The molecule has 2 aromatic rings. The molecule has 0 radical (unpaired) electrons. The second kappa shape index (κ2) is 11.6. The summed E-state index contributed by atoms with van der Waals surface area (Å²) in [6.07, 6.45) is 7.70. The third kappa shape index (κ3) is 5.86. The van der Waals surface area contributed by atoms with E-state index in [0.29, 0.717) is 60.8 Å². The number of nitrogens with one attached hydrogen (secondary N) is 1. The summed E-state index contributed by atoms with van der Waals surface area (Å²) in [5.41, 5.74) is 1.15. The molecule has 1 aliphatic heterocycles. The number of hydrazine groups is 1. The molecule has 0 aromatic carbocycles. The van der Waals surface area contributed by atoms with Crippen molar-refractivity contribution in [1.82, 2.24) is 19.8 Å². The van der Waals surface area contributed by atoms with Gasteiger partial charge >= 0.3 is 0 Å². The first-order valence-electron chi connectivity index (χ1n) is 11.7. The van der Waals surface area contributed by atoms with E-state index in [1.54, 1.807) is 11.8 Å². The Hall–Kier alpha value is -3.73. The zero-order chi connectivity index (χ0) is 25.5. The molecule has 1 saturated heterocycles. The lowest BCUT2D eigenvalue weighted by molar-refractivity contribution is -0.137. The van der Waals surface area contributed by atoms with Crippen molar-refractivity contribution in [2.45, 2.75) is 39.5 Å². The normalized spacial score (nSPS) is 13.9. The van der Waals surface area contributed by atoms with Crippen LogP contribution >= 0.6 is 0 Å². The van der Waals surface area contributed by atoms with Gasteiger partial charge in [-0.05, 0) is 13.3 Å². The number of allylic oxidation sites excluding steroid dienone is 1. The number of aliphatic imine (C=N–C) groups is 1. The molecule has 35 heavy (non-hydrogen) atoms. The van der Waals surface area contributed by atoms with Gasteiger partial charge in [-0.3, -0.25) is 14.4 Å². The molecule has 11 heteroatoms. The van der Waals surface area contributed by atoms with Crippen LogP contribution in [0.25, 0.3) is 10.9 Å². The summed E-state index contributed by atoms with van der Waals surface area (Å²) in [4.78, 5) is 53.2. The lowest BCUT2D eigenvalue weighted by Crippen LogP contribution is -2.52. The van der Waals surface area contributed by atoms with Gasteiger partial charge in [0.2, 0.25) is 5.91 Å². The van der Waals surface area contributed by atoms with Crippen LogP contribution in [0, 0.1) is 0 Å². The van der Waals surface area contributed by atoms with E-state index in [2.05, 4.69) is 28.5 Å². The van der Waals surface area contributed by atoms with E-state index in [4.69, 9.17) is 10.6 Å². The number of carbonyl (C=O) groups excluding carboxylic acids is 3. The molecule has 11 nitrogen and oxygen atoms in total. The van der Waals surface area contributed by atoms with Crippen molar-refractivity contribution in [3.8, 4) is 5.75 Å². The number of piperazine rings is 1. The molecule has 0 spiro atoms. The van der Waals surface area contributed by atoms with Gasteiger partial charge < -0.3 is 19.5 Å². The summed E-state index contributed by atoms with van der Waals surface area (Å²) in [6, 6.07) is 0. The van der Waals surface area contributed by atoms with Gasteiger partial charge in [-0.2, -0.15) is 0 Å². The Morgan fingerprint density at radius 2 is 1.94 bits per heavy atom. The van der Waals surface area contributed by atoms with Crippen molar-refractivity contribution in [1.29, 1.82) is 0 Å². The number of nitrogens with zero attached hydrogens (tertiary/aromatic N) is 5. The number of amides is 2. The minimum Gasteiger partial charge on any atom is -0.494 e. The molecular weight excluding hydrogens is 450 g/mol. The van der Waals surface area contributed by atoms with Gasteiger partial charge in [-0.25, -0.2) is 20.8 Å². The Labute approximate surface area is 204 Å². The van der Waals surface area contributed by atoms with Crippen molar-refractivity contribution < 1.29 is 19.1 Å². The van der Waals surface area contributed by atoms with E-state index in [1.165, 1.54) is 35.8 Å². The molecule has 3 heterocycles. The SMILES string of the molecule is C=C(C)/N=C\N(N)c1ncc(OC)c2c(C(=O)C(=O)N3CCN(C(=O)CCCCC)CC3)c[nH]c12. The molecule has 1 fully saturated rings. The molecule has 188 valence electrons. The minimum absolute atomic E-state index is 0.0970. The molecule has 0 bridgehead atoms. The summed E-state index contributed by atoms with van der Waals surface area (Å²) in [5, 5.41) is 1.60. The summed E-state index contributed by atoms with van der Waals surface area (Å²) in [7, 11) is 1.46. The number of H-pyrrole nitrogens is 1. The third-order valence-corrected chi connectivity index (χ3v) is 5.87. The summed E-state index contributed by atoms with van der Waals surface area (Å²) in [5.74, 6) is 5.49. The number of ketones is 1. The fourth-order valence-corrected chi connectivity index (χ4v) is 3.95. The number of carbonyl (C=O) groups is 3. The highest BCUT2D eigenvalue weighted by atomic mass is 16.5. The van der Waals surface area contributed by atoms with Crippen LogP contribution in [0.15, 0.2) is 29.7 Å². The maximum atomic E-state index is 13.2. The smallest absolute Gasteiger partial charge is 0.295 e. The summed E-state index contributed by atoms with van der Waals surface area (Å²) < 4.78 is 5.40. The Bertz CT molecular complexity index is 1130. The number of methoxy groups -OCH3 is 1. The zero-order valence-electron chi connectivity index (χ0n) is 20.5. The summed E-state index contributed by atoms with van der Waals surface area (Å²) in [6.45, 7) is 8.96. The predicted octanol–water partition coefficient (Wildman–Crippen LogP) is 2.25. The molecule has 1 aliphatic rings. The molecule has 0 unspecified atom stereocenters. The lowest BCUT2D eigenvalue weighted by atomic mass is 10.1. The Balaban J connectivity index is 1.77. The Morgan fingerprint density at radius 3 is 2.57 bits per heavy atom. The topological polar surface area (TPSA) is 137 Å². The predicted molar refractivity (Wildman–Crippen MR) is 134 cm³/mol. The number of hydrogen-bond acceptors (Lipinski definition) is 7. The molecule has 0 saturated carbocycles. The van der Waals surface area contributed by atoms with E-state index < -0.39 is 11.7 Å². The maximum Gasteiger partial charge on any atom is 0.295 e. The maximum absolute atomic E-state index is 13.2. The van der Waals surface area contributed by atoms with E-state index >= 15 is 0 Å². The van der Waals surface area contributed by atoms with Crippen molar-refractivity contribution >= 4 is 40.7 Å². The fraction of sp³-hybridized carbons (Fsp3) is 0.458. The van der Waals surface area contributed by atoms with Gasteiger partial charge in [0, 0.05) is 44.5 Å². The van der Waals surface area contributed by atoms with Crippen molar-refractivity contribution in [3.63, 3.8) is 0 Å². The van der Waals surface area contributed by atoms with Gasteiger partial charge in [0.1, 0.15) is 12.1 Å². The van der Waals surface area contributed by atoms with E-state index in [-0.39, 0.29) is 11.5 Å². The van der Waals surface area contributed by atoms with Crippen LogP contribution in [0.4, 0.5) is 5.82 Å². The molecule has 2 amide bonds. The summed E-state index contributed by atoms with van der Waals surface area (Å²) >= 11 is 0. The largest absolute Gasteiger partial charge is 0.494 e. The number of unbranched alkanes of at least 4 members (excludes halogenated alkanes) is 2. The van der Waals surface area contributed by atoms with E-state index in [1.807, 2.05) is 0 Å². The average molecular weight is 484 g/mol. The average Bonchev–Trinajstić information content (AvgIpc) is 3.31. The van der Waals surface area contributed by atoms with Crippen LogP contribution in [0.2, 0.25) is 0 Å². The second-order valence-electron chi connectivity index (χ2n) is 8.45. The highest BCUT2D eigenvalue weighted by Crippen LogP contribution is 2.33. The minimum atomic E-state index is -0.673. The van der Waals surface area contributed by atoms with Crippen LogP contribution in [0.3, 0.4) is 0 Å². The number of aromatic nitrogens is 2. The van der Waals surface area contributed by atoms with E-state index in [0.717, 1.165) is 19.3 Å². The van der Waals surface area contributed by atoms with Gasteiger partial charge in [-0.1, -0.05) is 26.3 Å². The number of pyridine rings is 1. The fourth-order valence-electron chi connectivity index (χ4n) is 3.95. The van der Waals surface area contributed by atoms with Gasteiger partial charge in [0.05, 0.1) is 29.8 Å². The van der Waals surface area contributed by atoms with Crippen molar-refractivity contribution in [2.24, 2.45) is 10.8 Å². The van der Waals surface area contributed by atoms with Crippen LogP contribution in [0.1, 0.15) is 49.9 Å². The van der Waals surface area contributed by atoms with Crippen LogP contribution in [-0.4, -0.2) is 77.0 Å². The standard InChI is InChI=1S/C24H33N7O4/c1-5-6-7-8-19(32)29-9-11-30(12-10-29)24(34)22(33)17-13-26-21-20(17)18(35-4)14-27-23(21)31(25)15-28-16(2)3/h13-15,26H,2,5-12,25H2,1,3-4H3/b28-15-. The molecular formula is C24H33N7O4. The number of Topliss-reactive ketones (excluding diaryl/α,β-unsaturated/α-hetero) is 1. The number of hydrogen-bond donors (Lipinski definition) is 2. The molecule has 0 atom stereocenters. The number of anilines is 1. The van der Waals surface area contributed by atoms with Gasteiger partial charge in [0.25, 0.3) is 11.7 Å². The highest BCUT2D eigenvalue weighted by Gasteiger charge is 2.31. The first kappa shape index (κ1) is 25.9. The van der Waals surface area contributed by atoms with Gasteiger partial charge in [0.15, 0.2) is 5.82 Å². The Kier molecular flexibility index (Phi) is 8.58. The van der Waals surface area contributed by atoms with Crippen molar-refractivity contribution in [3.05, 3.63) is 30.2 Å². The first-order chi connectivity index (χ1) is 16.8. The van der Waals surface area contributed by atoms with Crippen LogP contribution < -0.4 is 15.6 Å². The zero-order valence-corrected chi connectivity index (χ0v) is 20.5. The van der Waals surface area contributed by atoms with Gasteiger partial charge in [-0.15, -0.1) is 0 Å². The highest BCUT2D eigenvalue weighted by molar-refractivity contribution is 6.45. The number of aromatic amines is 1. The number of ether oxygens (including phenoxy) is 1. The Morgan fingerprint density at radius 1 is 1.26 bits per heavy atom. The third-order valence-electron chi connectivity index (χ3n) is 5.87. The number of fused-ring (bicyclic) bond motifs is 1. The second-order valence-corrected chi connectivity index (χ2v) is 8.45. The van der Waals surface area contributed by atoms with Crippen LogP contribution in [0.5, 0.6) is 5.75 Å². The molecule has 3 N–H and O–H groups in total. The van der Waals surface area contributed by atoms with E-state index in [9.17, 15) is 14.4 Å². The molecule has 2 aromatic heterocycles. The lowest BCUT2D eigenvalue weighted by Gasteiger charge is -2.34. The number of nitrogens with two attached hydrogens (primary N) is 1. The van der Waals surface area contributed by atoms with Crippen LogP contribution in [-0.2, 0) is 9.59 Å². The monoisotopic (exact) mass is 483 g/mol. The molecule has 3 rings (SSSR count). The molecule has 0 aliphatic carbocycles. The van der Waals surface area contributed by atoms with Crippen molar-refractivity contribution in [2.75, 3.05) is 38.3 Å². The quantitative estimate of drug-likeness (QED) is 0.101. The number of rotatable bonds is 10. The first-order valence-corrected chi connectivity index (χ1v) is 11.7.